The first kappa shape index (κ1) is 15.3. The predicted octanol–water partition coefficient (Wildman–Crippen LogP) is 2.58. The van der Waals surface area contributed by atoms with Crippen molar-refractivity contribution in [1.82, 2.24) is 5.43 Å². The first-order valence-electron chi connectivity index (χ1n) is 7.51. The molecule has 20 heavy (non-hydrogen) atoms. The van der Waals surface area contributed by atoms with Gasteiger partial charge in [0.05, 0.1) is 18.8 Å². The van der Waals surface area contributed by atoms with E-state index in [1.165, 1.54) is 5.56 Å². The number of para-hydroxylation sites is 1. The summed E-state index contributed by atoms with van der Waals surface area (Å²) in [6, 6.07) is 6.25. The van der Waals surface area contributed by atoms with Gasteiger partial charge < -0.3 is 9.47 Å². The minimum Gasteiger partial charge on any atom is -0.493 e. The van der Waals surface area contributed by atoms with Crippen LogP contribution in [-0.4, -0.2) is 19.3 Å². The molecule has 3 N–H and O–H groups in total. The summed E-state index contributed by atoms with van der Waals surface area (Å²) in [5.41, 5.74) is 5.31. The Morgan fingerprint density at radius 3 is 2.85 bits per heavy atom. The zero-order chi connectivity index (χ0) is 14.5. The molecule has 112 valence electrons. The average molecular weight is 278 g/mol. The maximum atomic E-state index is 5.90. The van der Waals surface area contributed by atoms with Gasteiger partial charge in [0.25, 0.3) is 0 Å². The highest BCUT2D eigenvalue weighted by Crippen LogP contribution is 2.36. The van der Waals surface area contributed by atoms with Crippen LogP contribution < -0.4 is 16.0 Å². The largest absolute Gasteiger partial charge is 0.493 e. The van der Waals surface area contributed by atoms with Gasteiger partial charge in [0.1, 0.15) is 5.75 Å². The summed E-state index contributed by atoms with van der Waals surface area (Å²) in [5, 5.41) is 0. The van der Waals surface area contributed by atoms with Crippen LogP contribution in [0.5, 0.6) is 5.75 Å². The van der Waals surface area contributed by atoms with Crippen LogP contribution in [0.4, 0.5) is 0 Å². The molecular weight excluding hydrogens is 252 g/mol. The van der Waals surface area contributed by atoms with Crippen molar-refractivity contribution in [3.63, 3.8) is 0 Å². The highest BCUT2D eigenvalue weighted by molar-refractivity contribution is 5.45. The SMILES string of the molecule is CCOC(C(C)C)C(NN)c1cccc2c1OCCC2. The van der Waals surface area contributed by atoms with Crippen LogP contribution in [0, 0.1) is 5.92 Å². The number of aryl methyl sites for hydroxylation is 1. The van der Waals surface area contributed by atoms with Crippen molar-refractivity contribution in [2.75, 3.05) is 13.2 Å². The van der Waals surface area contributed by atoms with Crippen LogP contribution in [0.15, 0.2) is 18.2 Å². The van der Waals surface area contributed by atoms with E-state index in [0.29, 0.717) is 12.5 Å². The Balaban J connectivity index is 2.35. The lowest BCUT2D eigenvalue weighted by atomic mass is 9.90. The third-order valence-electron chi connectivity index (χ3n) is 3.82. The van der Waals surface area contributed by atoms with Crippen LogP contribution in [0.1, 0.15) is 44.4 Å². The van der Waals surface area contributed by atoms with Gasteiger partial charge in [0.15, 0.2) is 0 Å². The molecule has 0 saturated heterocycles. The Labute approximate surface area is 121 Å². The number of hydrazine groups is 1. The van der Waals surface area contributed by atoms with E-state index in [9.17, 15) is 0 Å². The fourth-order valence-corrected chi connectivity index (χ4v) is 2.89. The molecule has 1 aromatic rings. The van der Waals surface area contributed by atoms with Crippen molar-refractivity contribution >= 4 is 0 Å². The van der Waals surface area contributed by atoms with Crippen molar-refractivity contribution in [3.8, 4) is 5.75 Å². The molecular formula is C16H26N2O2. The van der Waals surface area contributed by atoms with E-state index in [4.69, 9.17) is 15.3 Å². The van der Waals surface area contributed by atoms with Crippen molar-refractivity contribution in [3.05, 3.63) is 29.3 Å². The van der Waals surface area contributed by atoms with E-state index in [0.717, 1.165) is 30.8 Å². The Hall–Kier alpha value is -1.10. The monoisotopic (exact) mass is 278 g/mol. The average Bonchev–Trinajstić information content (AvgIpc) is 2.47. The standard InChI is InChI=1S/C16H26N2O2/c1-4-19-15(11(2)3)14(18-17)13-9-5-7-12-8-6-10-20-16(12)13/h5,7,9,11,14-15,18H,4,6,8,10,17H2,1-3H3. The van der Waals surface area contributed by atoms with Gasteiger partial charge in [0.2, 0.25) is 0 Å². The molecule has 4 heteroatoms. The molecule has 1 aliphatic rings. The minimum absolute atomic E-state index is 0.0297. The van der Waals surface area contributed by atoms with E-state index in [1.54, 1.807) is 0 Å². The lowest BCUT2D eigenvalue weighted by Gasteiger charge is -2.32. The molecule has 0 aliphatic carbocycles. The van der Waals surface area contributed by atoms with E-state index in [2.05, 4.69) is 37.5 Å². The highest BCUT2D eigenvalue weighted by atomic mass is 16.5. The zero-order valence-electron chi connectivity index (χ0n) is 12.7. The summed E-state index contributed by atoms with van der Waals surface area (Å²) in [5.74, 6) is 7.18. The zero-order valence-corrected chi connectivity index (χ0v) is 12.7. The molecule has 1 heterocycles. The summed E-state index contributed by atoms with van der Waals surface area (Å²) in [6.45, 7) is 7.78. The maximum Gasteiger partial charge on any atom is 0.127 e. The van der Waals surface area contributed by atoms with Crippen LogP contribution in [0.25, 0.3) is 0 Å². The lowest BCUT2D eigenvalue weighted by Crippen LogP contribution is -2.41. The second-order valence-electron chi connectivity index (χ2n) is 5.60. The summed E-state index contributed by atoms with van der Waals surface area (Å²) in [7, 11) is 0. The van der Waals surface area contributed by atoms with Gasteiger partial charge in [-0.25, -0.2) is 0 Å². The van der Waals surface area contributed by atoms with E-state index >= 15 is 0 Å². The van der Waals surface area contributed by atoms with Crippen molar-refractivity contribution in [2.45, 2.75) is 45.8 Å². The van der Waals surface area contributed by atoms with E-state index in [-0.39, 0.29) is 12.1 Å². The molecule has 2 atom stereocenters. The summed E-state index contributed by atoms with van der Waals surface area (Å²) < 4.78 is 11.8. The molecule has 0 bridgehead atoms. The van der Waals surface area contributed by atoms with Crippen LogP contribution in [-0.2, 0) is 11.2 Å². The normalized spacial score (nSPS) is 17.4. The van der Waals surface area contributed by atoms with E-state index < -0.39 is 0 Å². The summed E-state index contributed by atoms with van der Waals surface area (Å²) >= 11 is 0. The third kappa shape index (κ3) is 3.14. The Bertz CT molecular complexity index is 434. The van der Waals surface area contributed by atoms with Crippen molar-refractivity contribution in [2.24, 2.45) is 11.8 Å². The minimum atomic E-state index is -0.0528. The first-order valence-corrected chi connectivity index (χ1v) is 7.51. The first-order chi connectivity index (χ1) is 9.69. The van der Waals surface area contributed by atoms with E-state index in [1.807, 2.05) is 6.92 Å². The van der Waals surface area contributed by atoms with Gasteiger partial charge in [-0.1, -0.05) is 32.0 Å². The molecule has 0 spiro atoms. The number of benzene rings is 1. The number of hydrogen-bond acceptors (Lipinski definition) is 4. The van der Waals surface area contributed by atoms with Gasteiger partial charge in [-0.3, -0.25) is 11.3 Å². The second kappa shape index (κ2) is 7.07. The molecule has 0 radical (unpaired) electrons. The molecule has 0 aromatic heterocycles. The van der Waals surface area contributed by atoms with Gasteiger partial charge >= 0.3 is 0 Å². The summed E-state index contributed by atoms with van der Waals surface area (Å²) in [4.78, 5) is 0. The fraction of sp³-hybridized carbons (Fsp3) is 0.625. The van der Waals surface area contributed by atoms with Gasteiger partial charge in [0, 0.05) is 12.2 Å². The van der Waals surface area contributed by atoms with Crippen LogP contribution >= 0.6 is 0 Å². The number of fused-ring (bicyclic) bond motifs is 1. The van der Waals surface area contributed by atoms with Gasteiger partial charge in [-0.15, -0.1) is 0 Å². The molecule has 0 fully saturated rings. The van der Waals surface area contributed by atoms with Gasteiger partial charge in [-0.05, 0) is 31.2 Å². The predicted molar refractivity (Wildman–Crippen MR) is 80.6 cm³/mol. The number of rotatable bonds is 6. The Kier molecular flexibility index (Phi) is 5.40. The number of hydrogen-bond donors (Lipinski definition) is 2. The number of nitrogens with two attached hydrogens (primary N) is 1. The van der Waals surface area contributed by atoms with Crippen LogP contribution in [0.2, 0.25) is 0 Å². The Morgan fingerprint density at radius 1 is 1.40 bits per heavy atom. The van der Waals surface area contributed by atoms with Crippen LogP contribution in [0.3, 0.4) is 0 Å². The maximum absolute atomic E-state index is 5.90. The van der Waals surface area contributed by atoms with Gasteiger partial charge in [-0.2, -0.15) is 0 Å². The molecule has 1 aliphatic heterocycles. The molecule has 0 amide bonds. The molecule has 4 nitrogen and oxygen atoms in total. The molecule has 1 aromatic carbocycles. The molecule has 2 unspecified atom stereocenters. The molecule has 2 rings (SSSR count). The van der Waals surface area contributed by atoms with Crippen molar-refractivity contribution in [1.29, 1.82) is 0 Å². The smallest absolute Gasteiger partial charge is 0.127 e. The Morgan fingerprint density at radius 2 is 2.20 bits per heavy atom. The quantitative estimate of drug-likeness (QED) is 0.620. The third-order valence-corrected chi connectivity index (χ3v) is 3.82. The fourth-order valence-electron chi connectivity index (χ4n) is 2.89. The number of nitrogens with one attached hydrogen (secondary N) is 1. The second-order valence-corrected chi connectivity index (χ2v) is 5.60. The topological polar surface area (TPSA) is 56.5 Å². The summed E-state index contributed by atoms with van der Waals surface area (Å²) in [6.07, 6.45) is 2.18. The highest BCUT2D eigenvalue weighted by Gasteiger charge is 2.29. The lowest BCUT2D eigenvalue weighted by molar-refractivity contribution is 0.00202. The van der Waals surface area contributed by atoms with Crippen molar-refractivity contribution < 1.29 is 9.47 Å². The molecule has 0 saturated carbocycles. The number of ether oxygens (including phenoxy) is 2.